The molecule has 0 spiro atoms. The first kappa shape index (κ1) is 28.2. The molecule has 4 rings (SSSR count). The van der Waals surface area contributed by atoms with Gasteiger partial charge in [0, 0.05) is 38.9 Å². The number of hydrogen-bond acceptors (Lipinski definition) is 8. The molecule has 11 nitrogen and oxygen atoms in total. The Bertz CT molecular complexity index is 1430. The largest absolute Gasteiger partial charge is 0.493 e. The van der Waals surface area contributed by atoms with Gasteiger partial charge < -0.3 is 24.5 Å². The Hall–Kier alpha value is -2.77. The van der Waals surface area contributed by atoms with Crippen LogP contribution in [0.1, 0.15) is 39.2 Å². The third-order valence-corrected chi connectivity index (χ3v) is 8.72. The van der Waals surface area contributed by atoms with Crippen LogP contribution >= 0.6 is 0 Å². The number of nitrogens with one attached hydrogen (secondary N) is 1. The smallest absolute Gasteiger partial charge is 0.275 e. The number of sulfonamides is 1. The van der Waals surface area contributed by atoms with Gasteiger partial charge >= 0.3 is 0 Å². The summed E-state index contributed by atoms with van der Waals surface area (Å²) in [5, 5.41) is 19.1. The molecule has 0 radical (unpaired) electrons. The quantitative estimate of drug-likeness (QED) is 0.330. The molecule has 3 heterocycles. The maximum Gasteiger partial charge on any atom is 0.275 e. The SMILES string of the molecule is CCCOc1ccc(S(=O)(=O)N2CCN([C@@H](O)CO)CC2)cc1-c1nc2c(CCC)cn(CC)c2c(=O)[nH]1. The van der Waals surface area contributed by atoms with Gasteiger partial charge in [0.2, 0.25) is 10.0 Å². The lowest BCUT2D eigenvalue weighted by molar-refractivity contribution is -0.0471. The first-order chi connectivity index (χ1) is 18.2. The average molecular weight is 548 g/mol. The van der Waals surface area contributed by atoms with Crippen molar-refractivity contribution in [3.05, 3.63) is 40.3 Å². The molecule has 0 bridgehead atoms. The summed E-state index contributed by atoms with van der Waals surface area (Å²) in [6, 6.07) is 4.62. The predicted molar refractivity (Wildman–Crippen MR) is 145 cm³/mol. The van der Waals surface area contributed by atoms with Gasteiger partial charge in [-0.1, -0.05) is 20.3 Å². The Balaban J connectivity index is 1.78. The third-order valence-electron chi connectivity index (χ3n) is 6.82. The number of rotatable bonds is 11. The number of H-pyrrole nitrogens is 1. The zero-order valence-corrected chi connectivity index (χ0v) is 23.0. The van der Waals surface area contributed by atoms with E-state index >= 15 is 0 Å². The zero-order chi connectivity index (χ0) is 27.4. The highest BCUT2D eigenvalue weighted by Crippen LogP contribution is 2.33. The monoisotopic (exact) mass is 547 g/mol. The van der Waals surface area contributed by atoms with Crippen molar-refractivity contribution in [1.29, 1.82) is 0 Å². The Morgan fingerprint density at radius 2 is 1.87 bits per heavy atom. The maximum absolute atomic E-state index is 13.6. The second-order valence-corrected chi connectivity index (χ2v) is 11.3. The van der Waals surface area contributed by atoms with Gasteiger partial charge in [0.15, 0.2) is 0 Å². The van der Waals surface area contributed by atoms with Crippen molar-refractivity contribution in [2.75, 3.05) is 39.4 Å². The van der Waals surface area contributed by atoms with E-state index in [2.05, 4.69) is 11.9 Å². The van der Waals surface area contributed by atoms with E-state index in [4.69, 9.17) is 9.72 Å². The molecule has 1 saturated heterocycles. The van der Waals surface area contributed by atoms with E-state index in [1.807, 2.05) is 24.6 Å². The topological polar surface area (TPSA) is 141 Å². The summed E-state index contributed by atoms with van der Waals surface area (Å²) in [5.74, 6) is 0.698. The molecular weight excluding hydrogens is 510 g/mol. The fourth-order valence-corrected chi connectivity index (χ4v) is 6.25. The fraction of sp³-hybridized carbons (Fsp3) is 0.538. The van der Waals surface area contributed by atoms with Gasteiger partial charge in [0.1, 0.15) is 23.3 Å². The van der Waals surface area contributed by atoms with Crippen molar-refractivity contribution in [3.63, 3.8) is 0 Å². The van der Waals surface area contributed by atoms with E-state index in [0.29, 0.717) is 48.6 Å². The number of aromatic amines is 1. The standard InChI is InChI=1S/C26H37N5O6S/c1-4-7-18-16-29(6-3)24-23(18)27-25(28-26(24)34)20-15-19(8-9-21(20)37-14-5-2)38(35,36)31-12-10-30(11-13-31)22(33)17-32/h8-9,15-16,22,32-33H,4-7,10-14,17H2,1-3H3,(H,27,28,34)/t22-/m0/s1. The minimum absolute atomic E-state index is 0.0650. The van der Waals surface area contributed by atoms with Gasteiger partial charge in [-0.3, -0.25) is 9.69 Å². The van der Waals surface area contributed by atoms with Gasteiger partial charge in [-0.2, -0.15) is 4.31 Å². The zero-order valence-electron chi connectivity index (χ0n) is 22.2. The predicted octanol–water partition coefficient (Wildman–Crippen LogP) is 1.77. The Morgan fingerprint density at radius 3 is 2.50 bits per heavy atom. The van der Waals surface area contributed by atoms with Crippen molar-refractivity contribution in [2.24, 2.45) is 0 Å². The molecule has 0 amide bonds. The number of aliphatic hydroxyl groups excluding tert-OH is 2. The first-order valence-electron chi connectivity index (χ1n) is 13.2. The average Bonchev–Trinajstić information content (AvgIpc) is 3.29. The summed E-state index contributed by atoms with van der Waals surface area (Å²) in [4.78, 5) is 22.6. The van der Waals surface area contributed by atoms with Crippen LogP contribution in [0.3, 0.4) is 0 Å². The summed E-state index contributed by atoms with van der Waals surface area (Å²) in [6.07, 6.45) is 3.37. The lowest BCUT2D eigenvalue weighted by Gasteiger charge is -2.36. The number of ether oxygens (including phenoxy) is 1. The van der Waals surface area contributed by atoms with Gasteiger partial charge in [-0.05, 0) is 43.5 Å². The molecule has 0 aliphatic carbocycles. The van der Waals surface area contributed by atoms with E-state index in [1.54, 1.807) is 11.0 Å². The Morgan fingerprint density at radius 1 is 1.13 bits per heavy atom. The Labute approximate surface area is 222 Å². The van der Waals surface area contributed by atoms with E-state index in [-0.39, 0.29) is 29.4 Å². The van der Waals surface area contributed by atoms with Crippen molar-refractivity contribution in [2.45, 2.75) is 57.7 Å². The summed E-state index contributed by atoms with van der Waals surface area (Å²) in [5.41, 5.74) is 2.20. The number of benzene rings is 1. The lowest BCUT2D eigenvalue weighted by atomic mass is 10.1. The number of aromatic nitrogens is 3. The van der Waals surface area contributed by atoms with Gasteiger partial charge in [-0.15, -0.1) is 0 Å². The van der Waals surface area contributed by atoms with E-state index < -0.39 is 22.9 Å². The molecular formula is C26H37N5O6S. The number of nitrogens with zero attached hydrogens (tertiary/aromatic N) is 4. The third kappa shape index (κ3) is 5.50. The number of aryl methyl sites for hydroxylation is 2. The van der Waals surface area contributed by atoms with Crippen LogP contribution in [-0.4, -0.2) is 88.0 Å². The van der Waals surface area contributed by atoms with Crippen LogP contribution < -0.4 is 10.3 Å². The summed E-state index contributed by atoms with van der Waals surface area (Å²) in [7, 11) is -3.87. The second-order valence-electron chi connectivity index (χ2n) is 9.41. The molecule has 0 saturated carbocycles. The fourth-order valence-electron chi connectivity index (χ4n) is 4.80. The Kier molecular flexibility index (Phi) is 8.89. The van der Waals surface area contributed by atoms with Crippen molar-refractivity contribution >= 4 is 21.1 Å². The van der Waals surface area contributed by atoms with Crippen LogP contribution in [0.25, 0.3) is 22.4 Å². The molecule has 1 fully saturated rings. The molecule has 38 heavy (non-hydrogen) atoms. The number of piperazine rings is 1. The lowest BCUT2D eigenvalue weighted by Crippen LogP contribution is -2.52. The molecule has 2 aromatic heterocycles. The molecule has 3 N–H and O–H groups in total. The normalized spacial score (nSPS) is 16.2. The number of aliphatic hydroxyl groups is 2. The highest BCUT2D eigenvalue weighted by Gasteiger charge is 2.31. The molecule has 0 unspecified atom stereocenters. The van der Waals surface area contributed by atoms with Crippen LogP contribution in [0.5, 0.6) is 5.75 Å². The van der Waals surface area contributed by atoms with Crippen molar-refractivity contribution in [1.82, 2.24) is 23.7 Å². The van der Waals surface area contributed by atoms with E-state index in [0.717, 1.165) is 24.8 Å². The molecule has 1 aliphatic heterocycles. The van der Waals surface area contributed by atoms with Crippen LogP contribution in [0.2, 0.25) is 0 Å². The van der Waals surface area contributed by atoms with Crippen LogP contribution in [0.4, 0.5) is 0 Å². The van der Waals surface area contributed by atoms with Crippen molar-refractivity contribution < 1.29 is 23.4 Å². The van der Waals surface area contributed by atoms with Crippen LogP contribution in [-0.2, 0) is 23.0 Å². The molecule has 12 heteroatoms. The summed E-state index contributed by atoms with van der Waals surface area (Å²) in [6.45, 7) is 7.60. The maximum atomic E-state index is 13.6. The molecule has 3 aromatic rings. The minimum Gasteiger partial charge on any atom is -0.493 e. The summed E-state index contributed by atoms with van der Waals surface area (Å²) < 4.78 is 36.3. The number of hydrogen-bond donors (Lipinski definition) is 3. The highest BCUT2D eigenvalue weighted by molar-refractivity contribution is 7.89. The molecule has 208 valence electrons. The molecule has 1 atom stereocenters. The highest BCUT2D eigenvalue weighted by atomic mass is 32.2. The number of fused-ring (bicyclic) bond motifs is 1. The van der Waals surface area contributed by atoms with Crippen LogP contribution in [0, 0.1) is 0 Å². The van der Waals surface area contributed by atoms with Crippen molar-refractivity contribution in [3.8, 4) is 17.1 Å². The second kappa shape index (κ2) is 12.0. The molecule has 1 aliphatic rings. The van der Waals surface area contributed by atoms with E-state index in [1.165, 1.54) is 16.4 Å². The summed E-state index contributed by atoms with van der Waals surface area (Å²) >= 11 is 0. The first-order valence-corrected chi connectivity index (χ1v) is 14.6. The molecule has 1 aromatic carbocycles. The van der Waals surface area contributed by atoms with Gasteiger partial charge in [0.05, 0.1) is 29.2 Å². The minimum atomic E-state index is -3.87. The van der Waals surface area contributed by atoms with Crippen LogP contribution in [0.15, 0.2) is 34.1 Å². The van der Waals surface area contributed by atoms with Gasteiger partial charge in [-0.25, -0.2) is 13.4 Å². The van der Waals surface area contributed by atoms with E-state index in [9.17, 15) is 23.4 Å². The van der Waals surface area contributed by atoms with Gasteiger partial charge in [0.25, 0.3) is 5.56 Å².